The van der Waals surface area contributed by atoms with E-state index in [9.17, 15) is 9.18 Å². The van der Waals surface area contributed by atoms with Gasteiger partial charge in [-0.3, -0.25) is 4.79 Å². The van der Waals surface area contributed by atoms with Crippen molar-refractivity contribution >= 4 is 11.6 Å². The number of piperazine rings is 1. The van der Waals surface area contributed by atoms with Gasteiger partial charge in [0.15, 0.2) is 5.82 Å². The zero-order chi connectivity index (χ0) is 23.8. The Morgan fingerprint density at radius 2 is 1.71 bits per heavy atom. The van der Waals surface area contributed by atoms with E-state index in [-0.39, 0.29) is 17.8 Å². The van der Waals surface area contributed by atoms with Crippen molar-refractivity contribution in [3.63, 3.8) is 0 Å². The van der Waals surface area contributed by atoms with Crippen LogP contribution in [0.4, 0.5) is 10.1 Å². The van der Waals surface area contributed by atoms with E-state index in [1.165, 1.54) is 23.4 Å². The molecule has 3 heterocycles. The highest BCUT2D eigenvalue weighted by atomic mass is 19.1. The average Bonchev–Trinajstić information content (AvgIpc) is 3.47. The van der Waals surface area contributed by atoms with Gasteiger partial charge in [0.05, 0.1) is 11.4 Å². The third kappa shape index (κ3) is 3.98. The Hall–Kier alpha value is -3.87. The lowest BCUT2D eigenvalue weighted by molar-refractivity contribution is 0.0725. The summed E-state index contributed by atoms with van der Waals surface area (Å²) in [5.41, 5.74) is 4.32. The molecule has 0 spiro atoms. The molecular weight excluding hydrogens is 429 g/mol. The molecule has 34 heavy (non-hydrogen) atoms. The summed E-state index contributed by atoms with van der Waals surface area (Å²) >= 11 is 0. The van der Waals surface area contributed by atoms with Gasteiger partial charge in [-0.1, -0.05) is 12.1 Å². The fourth-order valence-corrected chi connectivity index (χ4v) is 4.73. The molecule has 1 atom stereocenters. The molecule has 0 N–H and O–H groups in total. The molecule has 1 saturated heterocycles. The first-order chi connectivity index (χ1) is 16.4. The molecule has 5 rings (SSSR count). The Morgan fingerprint density at radius 3 is 2.38 bits per heavy atom. The van der Waals surface area contributed by atoms with Gasteiger partial charge in [-0.2, -0.15) is 5.10 Å². The molecule has 1 fully saturated rings. The summed E-state index contributed by atoms with van der Waals surface area (Å²) in [4.78, 5) is 18.1. The number of carbonyl (C=O) groups excluding carboxylic acids is 1. The van der Waals surface area contributed by atoms with Crippen LogP contribution in [0.2, 0.25) is 0 Å². The Morgan fingerprint density at radius 1 is 0.971 bits per heavy atom. The minimum Gasteiger partial charge on any atom is -0.365 e. The van der Waals surface area contributed by atoms with Crippen LogP contribution in [0.3, 0.4) is 0 Å². The normalized spacial score (nSPS) is 16.2. The van der Waals surface area contributed by atoms with Gasteiger partial charge < -0.3 is 14.4 Å². The molecule has 174 valence electrons. The zero-order valence-electron chi connectivity index (χ0n) is 19.6. The van der Waals surface area contributed by atoms with E-state index in [2.05, 4.69) is 48.1 Å². The van der Waals surface area contributed by atoms with Crippen LogP contribution in [-0.2, 0) is 0 Å². The maximum atomic E-state index is 13.9. The Bertz CT molecular complexity index is 1310. The summed E-state index contributed by atoms with van der Waals surface area (Å²) in [6.07, 6.45) is 3.79. The quantitative estimate of drug-likeness (QED) is 0.444. The molecule has 1 aliphatic rings. The Balaban J connectivity index is 1.48. The van der Waals surface area contributed by atoms with Gasteiger partial charge in [0.2, 0.25) is 0 Å². The number of hydrogen-bond acceptors (Lipinski definition) is 3. The van der Waals surface area contributed by atoms with Crippen LogP contribution in [-0.4, -0.2) is 50.8 Å². The van der Waals surface area contributed by atoms with Crippen LogP contribution < -0.4 is 4.90 Å². The predicted octanol–water partition coefficient (Wildman–Crippen LogP) is 4.77. The monoisotopic (exact) mass is 457 g/mol. The van der Waals surface area contributed by atoms with Crippen LogP contribution in [0.15, 0.2) is 73.1 Å². The fourth-order valence-electron chi connectivity index (χ4n) is 4.73. The minimum atomic E-state index is -0.313. The molecule has 1 amide bonds. The first kappa shape index (κ1) is 21.9. The van der Waals surface area contributed by atoms with Crippen molar-refractivity contribution in [1.29, 1.82) is 0 Å². The zero-order valence-corrected chi connectivity index (χ0v) is 19.6. The number of benzene rings is 2. The van der Waals surface area contributed by atoms with Gasteiger partial charge in [-0.15, -0.1) is 0 Å². The predicted molar refractivity (Wildman–Crippen MR) is 131 cm³/mol. The van der Waals surface area contributed by atoms with E-state index in [1.807, 2.05) is 40.9 Å². The largest absolute Gasteiger partial charge is 0.365 e. The van der Waals surface area contributed by atoms with Crippen LogP contribution in [0.25, 0.3) is 11.5 Å². The minimum absolute atomic E-state index is 0.0368. The third-order valence-corrected chi connectivity index (χ3v) is 6.42. The highest BCUT2D eigenvalue weighted by Crippen LogP contribution is 2.27. The van der Waals surface area contributed by atoms with E-state index in [0.717, 1.165) is 6.54 Å². The lowest BCUT2D eigenvalue weighted by Crippen LogP contribution is -2.54. The molecule has 0 bridgehead atoms. The summed E-state index contributed by atoms with van der Waals surface area (Å²) < 4.78 is 17.2. The SMILES string of the molecule is Cc1cccc(N2CCN(C(=O)c3c(C)nn(-c4ccc(F)cc4)c3-n3cccc3)C[C@@H]2C)c1. The number of aromatic nitrogens is 3. The molecule has 4 aromatic rings. The lowest BCUT2D eigenvalue weighted by atomic mass is 10.1. The van der Waals surface area contributed by atoms with E-state index in [0.29, 0.717) is 35.9 Å². The molecule has 0 saturated carbocycles. The Kier molecular flexibility index (Phi) is 5.69. The molecule has 2 aromatic carbocycles. The number of amides is 1. The molecule has 0 radical (unpaired) electrons. The van der Waals surface area contributed by atoms with Crippen LogP contribution in [0.1, 0.15) is 28.5 Å². The van der Waals surface area contributed by atoms with Gasteiger partial charge in [0.1, 0.15) is 11.4 Å². The van der Waals surface area contributed by atoms with Crippen molar-refractivity contribution in [2.24, 2.45) is 0 Å². The number of rotatable bonds is 4. The number of hydrogen-bond donors (Lipinski definition) is 0. The number of anilines is 1. The van der Waals surface area contributed by atoms with E-state index < -0.39 is 0 Å². The average molecular weight is 458 g/mol. The molecule has 0 unspecified atom stereocenters. The molecule has 7 heteroatoms. The van der Waals surface area contributed by atoms with Crippen molar-refractivity contribution in [3.05, 3.63) is 95.7 Å². The molecular formula is C27H28FN5O. The fraction of sp³-hybridized carbons (Fsp3) is 0.259. The smallest absolute Gasteiger partial charge is 0.259 e. The number of nitrogens with zero attached hydrogens (tertiary/aromatic N) is 5. The molecule has 2 aromatic heterocycles. The van der Waals surface area contributed by atoms with E-state index in [1.54, 1.807) is 16.8 Å². The van der Waals surface area contributed by atoms with Gasteiger partial charge in [0, 0.05) is 43.8 Å². The van der Waals surface area contributed by atoms with Crippen LogP contribution in [0, 0.1) is 19.7 Å². The summed E-state index contributed by atoms with van der Waals surface area (Å²) in [7, 11) is 0. The topological polar surface area (TPSA) is 46.3 Å². The van der Waals surface area contributed by atoms with Gasteiger partial charge >= 0.3 is 0 Å². The maximum absolute atomic E-state index is 13.9. The highest BCUT2D eigenvalue weighted by molar-refractivity contribution is 5.99. The Labute approximate surface area is 198 Å². The van der Waals surface area contributed by atoms with Gasteiger partial charge in [0.25, 0.3) is 5.91 Å². The summed E-state index contributed by atoms with van der Waals surface area (Å²) in [6, 6.07) is 18.6. The van der Waals surface area contributed by atoms with Crippen molar-refractivity contribution < 1.29 is 9.18 Å². The third-order valence-electron chi connectivity index (χ3n) is 6.42. The number of halogens is 1. The summed E-state index contributed by atoms with van der Waals surface area (Å²) in [5.74, 6) is 0.310. The lowest BCUT2D eigenvalue weighted by Gasteiger charge is -2.41. The van der Waals surface area contributed by atoms with Gasteiger partial charge in [-0.25, -0.2) is 9.07 Å². The van der Waals surface area contributed by atoms with Crippen molar-refractivity contribution in [1.82, 2.24) is 19.2 Å². The number of aryl methyl sites for hydroxylation is 2. The molecule has 0 aliphatic carbocycles. The van der Waals surface area contributed by atoms with Crippen LogP contribution >= 0.6 is 0 Å². The first-order valence-electron chi connectivity index (χ1n) is 11.5. The van der Waals surface area contributed by atoms with E-state index in [4.69, 9.17) is 0 Å². The van der Waals surface area contributed by atoms with Crippen molar-refractivity contribution in [2.75, 3.05) is 24.5 Å². The standard InChI is InChI=1S/C27H28FN5O/c1-19-7-6-8-24(17-19)32-16-15-31(18-20(32)2)27(34)25-21(3)29-33(23-11-9-22(28)10-12-23)26(25)30-13-4-5-14-30/h4-14,17,20H,15-16,18H2,1-3H3/t20-/m0/s1. The molecule has 1 aliphatic heterocycles. The number of carbonyl (C=O) groups is 1. The summed E-state index contributed by atoms with van der Waals surface area (Å²) in [6.45, 7) is 8.12. The highest BCUT2D eigenvalue weighted by Gasteiger charge is 2.32. The van der Waals surface area contributed by atoms with Crippen LogP contribution in [0.5, 0.6) is 0 Å². The second kappa shape index (κ2) is 8.82. The second-order valence-electron chi connectivity index (χ2n) is 8.90. The van der Waals surface area contributed by atoms with Gasteiger partial charge in [-0.05, 0) is 74.9 Å². The van der Waals surface area contributed by atoms with Crippen molar-refractivity contribution in [3.8, 4) is 11.5 Å². The second-order valence-corrected chi connectivity index (χ2v) is 8.90. The molecule has 6 nitrogen and oxygen atoms in total. The van der Waals surface area contributed by atoms with Crippen molar-refractivity contribution in [2.45, 2.75) is 26.8 Å². The summed E-state index contributed by atoms with van der Waals surface area (Å²) in [5, 5.41) is 4.69. The maximum Gasteiger partial charge on any atom is 0.259 e. The first-order valence-corrected chi connectivity index (χ1v) is 11.5. The van der Waals surface area contributed by atoms with E-state index >= 15 is 0 Å².